The average Bonchev–Trinajstić information content (AvgIpc) is 2.64. The Labute approximate surface area is 157 Å². The Balaban J connectivity index is 2.21. The maximum absolute atomic E-state index is 12.6. The van der Waals surface area contributed by atoms with E-state index in [1.807, 2.05) is 0 Å². The number of benzene rings is 2. The standard InChI is InChI=1S/C16H15F3N2O6S/c17-16(18,19)28(25,26)13-5-6-14(15(9-13)21(23)24)20-10-11-1-3-12(4-2-11)27-8-7-22/h1-6,9,20,22H,7-8,10H2. The summed E-state index contributed by atoms with van der Waals surface area (Å²) in [7, 11) is -5.69. The quantitative estimate of drug-likeness (QED) is 0.498. The fraction of sp³-hybridized carbons (Fsp3) is 0.250. The van der Waals surface area contributed by atoms with E-state index in [2.05, 4.69) is 5.32 Å². The van der Waals surface area contributed by atoms with Crippen molar-refractivity contribution in [2.75, 3.05) is 18.5 Å². The number of hydrogen-bond acceptors (Lipinski definition) is 7. The summed E-state index contributed by atoms with van der Waals surface area (Å²) in [6.45, 7) is 0.0660. The van der Waals surface area contributed by atoms with Gasteiger partial charge in [-0.15, -0.1) is 0 Å². The van der Waals surface area contributed by atoms with Gasteiger partial charge in [-0.3, -0.25) is 10.1 Å². The van der Waals surface area contributed by atoms with Gasteiger partial charge in [-0.05, 0) is 29.8 Å². The second kappa shape index (κ2) is 8.44. The summed E-state index contributed by atoms with van der Waals surface area (Å²) < 4.78 is 66.0. The molecule has 0 bridgehead atoms. The molecule has 28 heavy (non-hydrogen) atoms. The molecule has 0 spiro atoms. The third-order valence-corrected chi connectivity index (χ3v) is 5.03. The van der Waals surface area contributed by atoms with E-state index in [1.54, 1.807) is 24.3 Å². The number of anilines is 1. The first-order valence-electron chi connectivity index (χ1n) is 7.72. The number of nitro groups is 1. The summed E-state index contributed by atoms with van der Waals surface area (Å²) in [6.07, 6.45) is 0. The maximum atomic E-state index is 12.6. The van der Waals surface area contributed by atoms with Gasteiger partial charge < -0.3 is 15.2 Å². The molecule has 0 aromatic heterocycles. The van der Waals surface area contributed by atoms with Crippen molar-refractivity contribution in [2.45, 2.75) is 16.9 Å². The summed E-state index contributed by atoms with van der Waals surface area (Å²) in [5.41, 5.74) is -5.81. The van der Waals surface area contributed by atoms with E-state index in [9.17, 15) is 31.7 Å². The monoisotopic (exact) mass is 420 g/mol. The fourth-order valence-electron chi connectivity index (χ4n) is 2.18. The highest BCUT2D eigenvalue weighted by molar-refractivity contribution is 7.92. The third-order valence-electron chi connectivity index (χ3n) is 3.55. The number of nitrogens with zero attached hydrogens (tertiary/aromatic N) is 1. The topological polar surface area (TPSA) is 119 Å². The summed E-state index contributed by atoms with van der Waals surface area (Å²) in [4.78, 5) is 8.98. The zero-order valence-electron chi connectivity index (χ0n) is 14.1. The van der Waals surface area contributed by atoms with E-state index >= 15 is 0 Å². The lowest BCUT2D eigenvalue weighted by molar-refractivity contribution is -0.384. The minimum atomic E-state index is -5.69. The van der Waals surface area contributed by atoms with Gasteiger partial charge in [0.2, 0.25) is 0 Å². The molecule has 0 aliphatic heterocycles. The molecule has 0 saturated heterocycles. The number of aliphatic hydroxyl groups is 1. The Morgan fingerprint density at radius 3 is 2.32 bits per heavy atom. The summed E-state index contributed by atoms with van der Waals surface area (Å²) >= 11 is 0. The second-order valence-electron chi connectivity index (χ2n) is 5.45. The fourth-order valence-corrected chi connectivity index (χ4v) is 2.96. The van der Waals surface area contributed by atoms with Crippen molar-refractivity contribution in [1.82, 2.24) is 0 Å². The third kappa shape index (κ3) is 4.89. The average molecular weight is 420 g/mol. The lowest BCUT2D eigenvalue weighted by Gasteiger charge is -2.11. The largest absolute Gasteiger partial charge is 0.501 e. The SMILES string of the molecule is O=[N+]([O-])c1cc(S(=O)(=O)C(F)(F)F)ccc1NCc1ccc(OCCO)cc1. The Morgan fingerprint density at radius 2 is 1.79 bits per heavy atom. The van der Waals surface area contributed by atoms with Crippen molar-refractivity contribution < 1.29 is 36.4 Å². The second-order valence-corrected chi connectivity index (χ2v) is 7.40. The van der Waals surface area contributed by atoms with Crippen molar-refractivity contribution in [3.63, 3.8) is 0 Å². The lowest BCUT2D eigenvalue weighted by atomic mass is 10.2. The number of rotatable bonds is 8. The number of aliphatic hydroxyl groups excluding tert-OH is 1. The molecular formula is C16H15F3N2O6S. The molecule has 2 aromatic rings. The Bertz CT molecular complexity index is 946. The summed E-state index contributed by atoms with van der Waals surface area (Å²) in [6, 6.07) is 8.46. The minimum Gasteiger partial charge on any atom is -0.491 e. The molecule has 152 valence electrons. The lowest BCUT2D eigenvalue weighted by Crippen LogP contribution is -2.23. The Hall–Kier alpha value is -2.86. The molecule has 0 aliphatic carbocycles. The number of hydrogen-bond donors (Lipinski definition) is 2. The molecule has 2 rings (SSSR count). The first-order chi connectivity index (χ1) is 13.1. The Morgan fingerprint density at radius 1 is 1.14 bits per heavy atom. The van der Waals surface area contributed by atoms with Crippen LogP contribution in [0.3, 0.4) is 0 Å². The summed E-state index contributed by atoms with van der Waals surface area (Å²) in [5, 5.41) is 22.5. The van der Waals surface area contributed by atoms with Crippen molar-refractivity contribution in [1.29, 1.82) is 0 Å². The smallest absolute Gasteiger partial charge is 0.491 e. The van der Waals surface area contributed by atoms with E-state index in [0.29, 0.717) is 23.4 Å². The van der Waals surface area contributed by atoms with Crippen LogP contribution in [0.4, 0.5) is 24.5 Å². The first-order valence-corrected chi connectivity index (χ1v) is 9.21. The van der Waals surface area contributed by atoms with E-state index in [1.165, 1.54) is 0 Å². The molecular weight excluding hydrogens is 405 g/mol. The maximum Gasteiger partial charge on any atom is 0.501 e. The van der Waals surface area contributed by atoms with Crippen LogP contribution in [0.5, 0.6) is 5.75 Å². The van der Waals surface area contributed by atoms with Crippen LogP contribution in [0, 0.1) is 10.1 Å². The van der Waals surface area contributed by atoms with Crippen LogP contribution in [0.2, 0.25) is 0 Å². The van der Waals surface area contributed by atoms with Crippen molar-refractivity contribution in [3.8, 4) is 5.75 Å². The highest BCUT2D eigenvalue weighted by atomic mass is 32.2. The molecule has 0 aliphatic rings. The van der Waals surface area contributed by atoms with Crippen LogP contribution < -0.4 is 10.1 Å². The van der Waals surface area contributed by atoms with Crippen LogP contribution in [-0.4, -0.2) is 37.2 Å². The molecule has 2 aromatic carbocycles. The number of sulfone groups is 1. The van der Waals surface area contributed by atoms with Crippen molar-refractivity contribution >= 4 is 21.2 Å². The zero-order valence-corrected chi connectivity index (χ0v) is 15.0. The molecule has 0 unspecified atom stereocenters. The number of halogens is 3. The molecule has 0 radical (unpaired) electrons. The predicted molar refractivity (Wildman–Crippen MR) is 92.7 cm³/mol. The van der Waals surface area contributed by atoms with Gasteiger partial charge in [0.05, 0.1) is 16.4 Å². The molecule has 0 amide bonds. The number of alkyl halides is 3. The molecule has 0 heterocycles. The molecule has 12 heteroatoms. The van der Waals surface area contributed by atoms with Crippen molar-refractivity contribution in [2.24, 2.45) is 0 Å². The van der Waals surface area contributed by atoms with Gasteiger partial charge in [-0.2, -0.15) is 13.2 Å². The van der Waals surface area contributed by atoms with Crippen LogP contribution in [0.1, 0.15) is 5.56 Å². The molecule has 0 saturated carbocycles. The van der Waals surface area contributed by atoms with E-state index in [0.717, 1.165) is 6.07 Å². The van der Waals surface area contributed by atoms with E-state index < -0.39 is 30.9 Å². The Kier molecular flexibility index (Phi) is 6.46. The van der Waals surface area contributed by atoms with Gasteiger partial charge in [0.1, 0.15) is 18.0 Å². The molecule has 8 nitrogen and oxygen atoms in total. The van der Waals surface area contributed by atoms with Gasteiger partial charge >= 0.3 is 5.51 Å². The normalized spacial score (nSPS) is 11.9. The van der Waals surface area contributed by atoms with Crippen LogP contribution >= 0.6 is 0 Å². The van der Waals surface area contributed by atoms with Gasteiger partial charge in [-0.1, -0.05) is 12.1 Å². The first kappa shape index (κ1) is 21.4. The number of nitro benzene ring substituents is 1. The van der Waals surface area contributed by atoms with E-state index in [-0.39, 0.29) is 25.4 Å². The number of ether oxygens (including phenoxy) is 1. The van der Waals surface area contributed by atoms with Gasteiger partial charge in [-0.25, -0.2) is 8.42 Å². The van der Waals surface area contributed by atoms with Gasteiger partial charge in [0.25, 0.3) is 15.5 Å². The molecule has 0 fully saturated rings. The van der Waals surface area contributed by atoms with E-state index in [4.69, 9.17) is 9.84 Å². The van der Waals surface area contributed by atoms with Crippen LogP contribution in [0.25, 0.3) is 0 Å². The predicted octanol–water partition coefficient (Wildman–Crippen LogP) is 2.87. The highest BCUT2D eigenvalue weighted by Gasteiger charge is 2.47. The zero-order chi connectivity index (χ0) is 20.9. The summed E-state index contributed by atoms with van der Waals surface area (Å²) in [5.74, 6) is 0.505. The number of nitrogens with one attached hydrogen (secondary N) is 1. The van der Waals surface area contributed by atoms with Crippen LogP contribution in [0.15, 0.2) is 47.4 Å². The van der Waals surface area contributed by atoms with Gasteiger partial charge in [0, 0.05) is 12.6 Å². The highest BCUT2D eigenvalue weighted by Crippen LogP contribution is 2.34. The van der Waals surface area contributed by atoms with Gasteiger partial charge in [0.15, 0.2) is 0 Å². The molecule has 2 N–H and O–H groups in total. The minimum absolute atomic E-state index is 0.0898. The van der Waals surface area contributed by atoms with Crippen LogP contribution in [-0.2, 0) is 16.4 Å². The van der Waals surface area contributed by atoms with Crippen molar-refractivity contribution in [3.05, 3.63) is 58.1 Å². The molecule has 0 atom stereocenters.